The second-order valence-corrected chi connectivity index (χ2v) is 5.87. The highest BCUT2D eigenvalue weighted by atomic mass is 15.0. The van der Waals surface area contributed by atoms with Crippen molar-refractivity contribution in [2.24, 2.45) is 0 Å². The van der Waals surface area contributed by atoms with Crippen LogP contribution in [0, 0.1) is 0 Å². The minimum absolute atomic E-state index is 0.550. The molecule has 4 nitrogen and oxygen atoms in total. The van der Waals surface area contributed by atoms with Gasteiger partial charge in [-0.2, -0.15) is 0 Å². The van der Waals surface area contributed by atoms with Gasteiger partial charge in [0.1, 0.15) is 5.82 Å². The number of pyridine rings is 2. The highest BCUT2D eigenvalue weighted by Gasteiger charge is 2.39. The van der Waals surface area contributed by atoms with Crippen LogP contribution in [0.5, 0.6) is 0 Å². The summed E-state index contributed by atoms with van der Waals surface area (Å²) in [4.78, 5) is 8.47. The molecule has 102 valence electrons. The molecule has 0 radical (unpaired) electrons. The highest BCUT2D eigenvalue weighted by molar-refractivity contribution is 5.65. The van der Waals surface area contributed by atoms with Crippen LogP contribution in [0.1, 0.15) is 30.7 Å². The molecule has 0 spiro atoms. The maximum atomic E-state index is 5.76. The predicted octanol–water partition coefficient (Wildman–Crippen LogP) is 2.33. The molecule has 0 unspecified atom stereocenters. The Hall–Kier alpha value is -1.94. The fraction of sp³-hybridized carbons (Fsp3) is 0.375. The van der Waals surface area contributed by atoms with Gasteiger partial charge in [0.2, 0.25) is 0 Å². The quantitative estimate of drug-likeness (QED) is 0.875. The number of nitrogens with zero attached hydrogens (tertiary/aromatic N) is 2. The molecule has 3 atom stereocenters. The van der Waals surface area contributed by atoms with E-state index in [-0.39, 0.29) is 0 Å². The number of hydrogen-bond donors (Lipinski definition) is 2. The molecular formula is C16H18N4. The van der Waals surface area contributed by atoms with Gasteiger partial charge in [-0.25, -0.2) is 4.98 Å². The van der Waals surface area contributed by atoms with E-state index >= 15 is 0 Å². The van der Waals surface area contributed by atoms with Crippen molar-refractivity contribution >= 4 is 5.82 Å². The summed E-state index contributed by atoms with van der Waals surface area (Å²) in [5, 5.41) is 3.69. The van der Waals surface area contributed by atoms with Gasteiger partial charge in [0.15, 0.2) is 0 Å². The topological polar surface area (TPSA) is 63.8 Å². The zero-order chi connectivity index (χ0) is 13.5. The molecule has 2 saturated heterocycles. The Balaban J connectivity index is 1.68. The van der Waals surface area contributed by atoms with Crippen molar-refractivity contribution in [1.82, 2.24) is 15.3 Å². The van der Waals surface area contributed by atoms with Gasteiger partial charge < -0.3 is 11.1 Å². The van der Waals surface area contributed by atoms with Gasteiger partial charge in [-0.05, 0) is 48.6 Å². The molecule has 2 fully saturated rings. The van der Waals surface area contributed by atoms with Crippen LogP contribution >= 0.6 is 0 Å². The molecule has 0 aromatic carbocycles. The second-order valence-electron chi connectivity index (χ2n) is 5.87. The summed E-state index contributed by atoms with van der Waals surface area (Å²) in [5.41, 5.74) is 9.32. The smallest absolute Gasteiger partial charge is 0.123 e. The minimum atomic E-state index is 0.550. The van der Waals surface area contributed by atoms with E-state index < -0.39 is 0 Å². The van der Waals surface area contributed by atoms with Crippen molar-refractivity contribution in [3.63, 3.8) is 0 Å². The van der Waals surface area contributed by atoms with E-state index in [2.05, 4.69) is 21.4 Å². The number of hydrogen-bond acceptors (Lipinski definition) is 4. The number of rotatable bonds is 2. The Morgan fingerprint density at radius 1 is 1.15 bits per heavy atom. The monoisotopic (exact) mass is 266 g/mol. The van der Waals surface area contributed by atoms with E-state index in [1.165, 1.54) is 24.8 Å². The summed E-state index contributed by atoms with van der Waals surface area (Å²) < 4.78 is 0. The summed E-state index contributed by atoms with van der Waals surface area (Å²) in [7, 11) is 0. The van der Waals surface area contributed by atoms with Gasteiger partial charge in [-0.15, -0.1) is 0 Å². The van der Waals surface area contributed by atoms with Gasteiger partial charge in [0.05, 0.1) is 0 Å². The van der Waals surface area contributed by atoms with Gasteiger partial charge in [-0.3, -0.25) is 4.98 Å². The van der Waals surface area contributed by atoms with E-state index in [1.54, 1.807) is 6.20 Å². The summed E-state index contributed by atoms with van der Waals surface area (Å²) in [6.45, 7) is 0. The first-order valence-electron chi connectivity index (χ1n) is 7.22. The first-order chi connectivity index (χ1) is 9.79. The summed E-state index contributed by atoms with van der Waals surface area (Å²) in [6, 6.07) is 7.50. The molecule has 0 amide bonds. The van der Waals surface area contributed by atoms with Crippen molar-refractivity contribution in [3.8, 4) is 11.1 Å². The lowest BCUT2D eigenvalue weighted by atomic mass is 9.84. The molecule has 3 N–H and O–H groups in total. The molecule has 4 rings (SSSR count). The Bertz CT molecular complexity index is 640. The SMILES string of the molecule is Nc1cc(-c2cncc([C@H]3C[C@H]4CC[C@H]3N4)c2)ccn1. The molecule has 2 aliphatic rings. The molecule has 20 heavy (non-hydrogen) atoms. The van der Waals surface area contributed by atoms with Crippen molar-refractivity contribution in [1.29, 1.82) is 0 Å². The van der Waals surface area contributed by atoms with Crippen molar-refractivity contribution in [2.45, 2.75) is 37.3 Å². The van der Waals surface area contributed by atoms with E-state index in [4.69, 9.17) is 5.73 Å². The summed E-state index contributed by atoms with van der Waals surface area (Å²) >= 11 is 0. The molecule has 0 aliphatic carbocycles. The molecule has 2 aromatic rings. The van der Waals surface area contributed by atoms with E-state index in [1.807, 2.05) is 24.5 Å². The Kier molecular flexibility index (Phi) is 2.70. The zero-order valence-electron chi connectivity index (χ0n) is 11.3. The standard InChI is InChI=1S/C16H18N4/c17-16-6-10(3-4-19-16)11-5-12(9-18-8-11)14-7-13-1-2-15(14)20-13/h3-6,8-9,13-15,20H,1-2,7H2,(H2,17,19)/t13-,14-,15-/m1/s1. The third-order valence-electron chi connectivity index (χ3n) is 4.60. The molecule has 2 bridgehead atoms. The van der Waals surface area contributed by atoms with Crippen LogP contribution in [0.2, 0.25) is 0 Å². The molecule has 2 aromatic heterocycles. The second kappa shape index (κ2) is 4.56. The van der Waals surface area contributed by atoms with Crippen LogP contribution in [0.15, 0.2) is 36.8 Å². The predicted molar refractivity (Wildman–Crippen MR) is 79.2 cm³/mol. The van der Waals surface area contributed by atoms with Gasteiger partial charge in [0, 0.05) is 42.2 Å². The number of fused-ring (bicyclic) bond motifs is 2. The normalized spacial score (nSPS) is 27.9. The van der Waals surface area contributed by atoms with Crippen molar-refractivity contribution in [2.75, 3.05) is 5.73 Å². The fourth-order valence-corrected chi connectivity index (χ4v) is 3.64. The Labute approximate surface area is 118 Å². The highest BCUT2D eigenvalue weighted by Crippen LogP contribution is 2.40. The molecule has 0 saturated carbocycles. The number of aromatic nitrogens is 2. The minimum Gasteiger partial charge on any atom is -0.384 e. The fourth-order valence-electron chi connectivity index (χ4n) is 3.64. The van der Waals surface area contributed by atoms with Crippen LogP contribution in [0.25, 0.3) is 11.1 Å². The van der Waals surface area contributed by atoms with Gasteiger partial charge in [0.25, 0.3) is 0 Å². The molecular weight excluding hydrogens is 248 g/mol. The lowest BCUT2D eigenvalue weighted by Crippen LogP contribution is -2.21. The number of anilines is 1. The van der Waals surface area contributed by atoms with Crippen molar-refractivity contribution < 1.29 is 0 Å². The molecule has 2 aliphatic heterocycles. The third-order valence-corrected chi connectivity index (χ3v) is 4.60. The summed E-state index contributed by atoms with van der Waals surface area (Å²) in [5.74, 6) is 1.16. The molecule has 4 heterocycles. The van der Waals surface area contributed by atoms with E-state index in [9.17, 15) is 0 Å². The molecule has 4 heteroatoms. The van der Waals surface area contributed by atoms with Gasteiger partial charge in [-0.1, -0.05) is 0 Å². The first-order valence-corrected chi connectivity index (χ1v) is 7.22. The third kappa shape index (κ3) is 1.96. The number of nitrogen functional groups attached to an aromatic ring is 1. The van der Waals surface area contributed by atoms with Crippen LogP contribution < -0.4 is 11.1 Å². The van der Waals surface area contributed by atoms with Gasteiger partial charge >= 0.3 is 0 Å². The maximum absolute atomic E-state index is 5.76. The first kappa shape index (κ1) is 11.9. The van der Waals surface area contributed by atoms with Crippen LogP contribution in [-0.4, -0.2) is 22.1 Å². The largest absolute Gasteiger partial charge is 0.384 e. The van der Waals surface area contributed by atoms with Crippen LogP contribution in [0.4, 0.5) is 5.82 Å². The van der Waals surface area contributed by atoms with E-state index in [0.29, 0.717) is 23.8 Å². The average Bonchev–Trinajstić information content (AvgIpc) is 3.10. The number of nitrogens with two attached hydrogens (primary N) is 1. The van der Waals surface area contributed by atoms with E-state index in [0.717, 1.165) is 11.1 Å². The van der Waals surface area contributed by atoms with Crippen LogP contribution in [-0.2, 0) is 0 Å². The lowest BCUT2D eigenvalue weighted by Gasteiger charge is -2.20. The lowest BCUT2D eigenvalue weighted by molar-refractivity contribution is 0.505. The maximum Gasteiger partial charge on any atom is 0.123 e. The Morgan fingerprint density at radius 2 is 2.10 bits per heavy atom. The summed E-state index contributed by atoms with van der Waals surface area (Å²) in [6.07, 6.45) is 9.53. The van der Waals surface area contributed by atoms with Crippen LogP contribution in [0.3, 0.4) is 0 Å². The number of nitrogens with one attached hydrogen (secondary N) is 1. The average molecular weight is 266 g/mol. The zero-order valence-corrected chi connectivity index (χ0v) is 11.3. The Morgan fingerprint density at radius 3 is 2.85 bits per heavy atom. The van der Waals surface area contributed by atoms with Crippen molar-refractivity contribution in [3.05, 3.63) is 42.4 Å².